The first kappa shape index (κ1) is 24.4. The number of rotatable bonds is 4. The summed E-state index contributed by atoms with van der Waals surface area (Å²) < 4.78 is 1.99. The number of hydrogen-bond acceptors (Lipinski definition) is 6. The summed E-state index contributed by atoms with van der Waals surface area (Å²) >= 11 is 1.38. The van der Waals surface area contributed by atoms with Gasteiger partial charge < -0.3 is 14.8 Å². The van der Waals surface area contributed by atoms with Gasteiger partial charge in [0.05, 0.1) is 22.9 Å². The zero-order valence-electron chi connectivity index (χ0n) is 21.4. The Morgan fingerprint density at radius 2 is 1.97 bits per heavy atom. The summed E-state index contributed by atoms with van der Waals surface area (Å²) in [7, 11) is 1.95. The Bertz CT molecular complexity index is 1290. The van der Waals surface area contributed by atoms with Gasteiger partial charge in [-0.2, -0.15) is 0 Å². The topological polar surface area (TPSA) is 92.4 Å². The van der Waals surface area contributed by atoms with E-state index in [1.165, 1.54) is 17.3 Å². The summed E-state index contributed by atoms with van der Waals surface area (Å²) in [5.74, 6) is 0.735. The predicted molar refractivity (Wildman–Crippen MR) is 139 cm³/mol. The number of nitrogens with zero attached hydrogens (tertiary/aromatic N) is 2. The molecule has 192 valence electrons. The first-order chi connectivity index (χ1) is 17.1. The maximum atomic E-state index is 13.7. The van der Waals surface area contributed by atoms with E-state index in [0.717, 1.165) is 41.9 Å². The Morgan fingerprint density at radius 1 is 1.19 bits per heavy atom. The van der Waals surface area contributed by atoms with Crippen molar-refractivity contribution in [1.82, 2.24) is 9.55 Å². The fourth-order valence-corrected chi connectivity index (χ4v) is 9.61. The lowest BCUT2D eigenvalue weighted by Gasteiger charge is -2.60. The highest BCUT2D eigenvalue weighted by atomic mass is 32.2. The number of aliphatic hydroxyl groups excluding tert-OH is 1. The second kappa shape index (κ2) is 8.27. The molecule has 5 unspecified atom stereocenters. The number of para-hydroxylation sites is 2. The first-order valence-corrected chi connectivity index (χ1v) is 14.3. The Balaban J connectivity index is 1.25. The maximum Gasteiger partial charge on any atom is 0.175 e. The van der Waals surface area contributed by atoms with E-state index < -0.39 is 17.1 Å². The first-order valence-electron chi connectivity index (χ1n) is 13.3. The highest BCUT2D eigenvalue weighted by Crippen LogP contribution is 2.67. The number of ketones is 2. The molecule has 7 atom stereocenters. The molecule has 2 aromatic rings. The zero-order valence-corrected chi connectivity index (χ0v) is 22.2. The highest BCUT2D eigenvalue weighted by Gasteiger charge is 2.68. The van der Waals surface area contributed by atoms with Crippen molar-refractivity contribution in [3.8, 4) is 0 Å². The van der Waals surface area contributed by atoms with Gasteiger partial charge in [-0.1, -0.05) is 43.3 Å². The summed E-state index contributed by atoms with van der Waals surface area (Å²) in [5, 5.41) is 24.3. The Hall–Kier alpha value is -1.96. The van der Waals surface area contributed by atoms with Crippen LogP contribution in [0, 0.1) is 28.6 Å². The van der Waals surface area contributed by atoms with Gasteiger partial charge >= 0.3 is 0 Å². The van der Waals surface area contributed by atoms with Gasteiger partial charge in [-0.3, -0.25) is 9.59 Å². The highest BCUT2D eigenvalue weighted by molar-refractivity contribution is 7.99. The third kappa shape index (κ3) is 3.28. The quantitative estimate of drug-likeness (QED) is 0.592. The number of aryl methyl sites for hydroxylation is 1. The second-order valence-electron chi connectivity index (χ2n) is 12.1. The van der Waals surface area contributed by atoms with Crippen LogP contribution < -0.4 is 0 Å². The van der Waals surface area contributed by atoms with Crippen molar-refractivity contribution >= 4 is 34.4 Å². The number of aliphatic hydroxyl groups is 2. The van der Waals surface area contributed by atoms with Gasteiger partial charge in [0.2, 0.25) is 0 Å². The summed E-state index contributed by atoms with van der Waals surface area (Å²) in [5.41, 5.74) is 0.847. The van der Waals surface area contributed by atoms with E-state index >= 15 is 0 Å². The van der Waals surface area contributed by atoms with Crippen molar-refractivity contribution in [2.24, 2.45) is 35.6 Å². The van der Waals surface area contributed by atoms with Crippen LogP contribution in [0.5, 0.6) is 0 Å². The van der Waals surface area contributed by atoms with Crippen LogP contribution in [0.4, 0.5) is 0 Å². The van der Waals surface area contributed by atoms with Gasteiger partial charge in [-0.05, 0) is 79.9 Å². The molecular weight excluding hydrogens is 472 g/mol. The molecule has 36 heavy (non-hydrogen) atoms. The molecule has 1 aromatic carbocycles. The summed E-state index contributed by atoms with van der Waals surface area (Å²) in [6.45, 7) is 4.27. The summed E-state index contributed by atoms with van der Waals surface area (Å²) in [6.07, 6.45) is 6.04. The molecule has 0 saturated heterocycles. The van der Waals surface area contributed by atoms with E-state index in [-0.39, 0.29) is 40.5 Å². The summed E-state index contributed by atoms with van der Waals surface area (Å²) in [6, 6.07) is 7.90. The fourth-order valence-electron chi connectivity index (χ4n) is 8.65. The zero-order chi connectivity index (χ0) is 25.5. The average molecular weight is 509 g/mol. The van der Waals surface area contributed by atoms with Gasteiger partial charge in [0, 0.05) is 18.9 Å². The third-order valence-electron chi connectivity index (χ3n) is 10.6. The van der Waals surface area contributed by atoms with Crippen LogP contribution in [0.25, 0.3) is 11.0 Å². The number of carbonyl (C=O) groups excluding carboxylic acids is 2. The van der Waals surface area contributed by atoms with E-state index in [4.69, 9.17) is 0 Å². The number of allylic oxidation sites excluding steroid dienone is 1. The van der Waals surface area contributed by atoms with Crippen LogP contribution >= 0.6 is 11.8 Å². The minimum Gasteiger partial charge on any atom is -0.393 e. The van der Waals surface area contributed by atoms with Crippen LogP contribution in [0.1, 0.15) is 58.8 Å². The monoisotopic (exact) mass is 508 g/mol. The lowest BCUT2D eigenvalue weighted by atomic mass is 9.45. The van der Waals surface area contributed by atoms with E-state index in [0.29, 0.717) is 19.3 Å². The van der Waals surface area contributed by atoms with Gasteiger partial charge in [0.25, 0.3) is 0 Å². The molecule has 0 radical (unpaired) electrons. The molecule has 7 heteroatoms. The SMILES string of the molecule is Cn1c(SCC(=O)[C@@]2(O)CCC3C4CCC5=CC(=O)CCC5(C)C4[C@@H](O)CC32C)nc2ccccc21. The summed E-state index contributed by atoms with van der Waals surface area (Å²) in [4.78, 5) is 30.5. The maximum absolute atomic E-state index is 13.7. The molecule has 4 aliphatic carbocycles. The van der Waals surface area contributed by atoms with Gasteiger partial charge in [0.1, 0.15) is 5.60 Å². The van der Waals surface area contributed by atoms with E-state index in [9.17, 15) is 19.8 Å². The molecule has 3 fully saturated rings. The molecule has 6 rings (SSSR count). The molecule has 0 bridgehead atoms. The number of fused-ring (bicyclic) bond motifs is 6. The van der Waals surface area contributed by atoms with E-state index in [1.807, 2.05) is 48.9 Å². The lowest BCUT2D eigenvalue weighted by Crippen LogP contribution is -2.61. The fraction of sp³-hybridized carbons (Fsp3) is 0.621. The molecule has 3 saturated carbocycles. The molecule has 4 aliphatic rings. The van der Waals surface area contributed by atoms with Crippen LogP contribution in [-0.4, -0.2) is 48.8 Å². The number of thioether (sulfide) groups is 1. The van der Waals surface area contributed by atoms with Crippen molar-refractivity contribution in [3.63, 3.8) is 0 Å². The predicted octanol–water partition coefficient (Wildman–Crippen LogP) is 4.47. The number of Topliss-reactive ketones (excluding diaryl/α,β-unsaturated/α-hetero) is 1. The van der Waals surface area contributed by atoms with Gasteiger partial charge in [-0.15, -0.1) is 0 Å². The molecule has 0 spiro atoms. The average Bonchev–Trinajstić information content (AvgIpc) is 3.31. The molecular formula is C29H36N2O4S. The minimum absolute atomic E-state index is 0.0792. The van der Waals surface area contributed by atoms with Crippen LogP contribution in [-0.2, 0) is 16.6 Å². The molecule has 0 aliphatic heterocycles. The number of carbonyl (C=O) groups is 2. The van der Waals surface area contributed by atoms with Crippen LogP contribution in [0.3, 0.4) is 0 Å². The number of hydrogen-bond donors (Lipinski definition) is 2. The van der Waals surface area contributed by atoms with Crippen LogP contribution in [0.15, 0.2) is 41.1 Å². The smallest absolute Gasteiger partial charge is 0.175 e. The van der Waals surface area contributed by atoms with Crippen molar-refractivity contribution in [1.29, 1.82) is 0 Å². The normalized spacial score (nSPS) is 39.9. The van der Waals surface area contributed by atoms with Crippen molar-refractivity contribution < 1.29 is 19.8 Å². The largest absolute Gasteiger partial charge is 0.393 e. The standard InChI is InChI=1S/C29H36N2O4S/c1-27-12-10-18(32)14-17(27)8-9-19-20-11-13-29(35,28(20,2)15-23(33)25(19)27)24(34)16-36-26-30-21-6-4-5-7-22(21)31(26)3/h4-7,14,19-20,23,25,33,35H,8-13,15-16H2,1-3H3/t19?,20?,23-,25?,27?,28?,29-/m0/s1. The molecule has 1 aromatic heterocycles. The lowest BCUT2D eigenvalue weighted by molar-refractivity contribution is -0.178. The van der Waals surface area contributed by atoms with Gasteiger partial charge in [0.15, 0.2) is 16.7 Å². The van der Waals surface area contributed by atoms with E-state index in [1.54, 1.807) is 0 Å². The Labute approximate surface area is 216 Å². The van der Waals surface area contributed by atoms with E-state index in [2.05, 4.69) is 11.9 Å². The molecule has 2 N–H and O–H groups in total. The number of benzene rings is 1. The number of imidazole rings is 1. The van der Waals surface area contributed by atoms with Crippen LogP contribution in [0.2, 0.25) is 0 Å². The third-order valence-corrected chi connectivity index (χ3v) is 11.6. The van der Waals surface area contributed by atoms with Crippen molar-refractivity contribution in [2.75, 3.05) is 5.75 Å². The molecule has 6 nitrogen and oxygen atoms in total. The second-order valence-corrected chi connectivity index (χ2v) is 13.1. The number of aromatic nitrogens is 2. The molecule has 0 amide bonds. The van der Waals surface area contributed by atoms with Crippen molar-refractivity contribution in [2.45, 2.75) is 75.7 Å². The Kier molecular flexibility index (Phi) is 5.60. The minimum atomic E-state index is -1.44. The van der Waals surface area contributed by atoms with Gasteiger partial charge in [-0.25, -0.2) is 4.98 Å². The molecule has 1 heterocycles. The van der Waals surface area contributed by atoms with Crippen molar-refractivity contribution in [3.05, 3.63) is 35.9 Å². The Morgan fingerprint density at radius 3 is 2.75 bits per heavy atom.